The van der Waals surface area contributed by atoms with Crippen LogP contribution in [0.25, 0.3) is 0 Å². The molecule has 0 radical (unpaired) electrons. The molecule has 154 valence electrons. The van der Waals surface area contributed by atoms with E-state index in [2.05, 4.69) is 54.0 Å². The van der Waals surface area contributed by atoms with Gasteiger partial charge in [0, 0.05) is 37.2 Å². The highest BCUT2D eigenvalue weighted by atomic mass is 79.9. The molecule has 3 aromatic rings. The largest absolute Gasteiger partial charge is 0.365 e. The molecule has 0 unspecified atom stereocenters. The van der Waals surface area contributed by atoms with Gasteiger partial charge in [-0.2, -0.15) is 4.98 Å². The Balaban J connectivity index is 1.41. The number of hydrogen-bond donors (Lipinski definition) is 3. The van der Waals surface area contributed by atoms with Gasteiger partial charge in [0.05, 0.1) is 4.47 Å². The summed E-state index contributed by atoms with van der Waals surface area (Å²) in [6.07, 6.45) is 3.84. The maximum atomic E-state index is 12.3. The van der Waals surface area contributed by atoms with Gasteiger partial charge in [0.15, 0.2) is 0 Å². The van der Waals surface area contributed by atoms with Crippen molar-refractivity contribution in [2.45, 2.75) is 19.4 Å². The van der Waals surface area contributed by atoms with E-state index in [0.717, 1.165) is 41.8 Å². The number of nitrogens with zero attached hydrogens (tertiary/aromatic N) is 3. The third kappa shape index (κ3) is 5.27. The molecule has 1 saturated heterocycles. The first kappa shape index (κ1) is 20.2. The number of benzene rings is 2. The molecule has 1 aliphatic rings. The summed E-state index contributed by atoms with van der Waals surface area (Å²) in [5, 5.41) is 9.48. The van der Waals surface area contributed by atoms with Crippen LogP contribution < -0.4 is 16.0 Å². The van der Waals surface area contributed by atoms with Gasteiger partial charge in [-0.05, 0) is 52.5 Å². The van der Waals surface area contributed by atoms with Crippen molar-refractivity contribution in [1.29, 1.82) is 0 Å². The van der Waals surface area contributed by atoms with E-state index in [1.807, 2.05) is 47.4 Å². The summed E-state index contributed by atoms with van der Waals surface area (Å²) < 4.78 is 0.788. The fraction of sp³-hybridized carbons (Fsp3) is 0.227. The summed E-state index contributed by atoms with van der Waals surface area (Å²) in [4.78, 5) is 23.0. The van der Waals surface area contributed by atoms with E-state index in [4.69, 9.17) is 0 Å². The van der Waals surface area contributed by atoms with Crippen molar-refractivity contribution in [3.8, 4) is 0 Å². The van der Waals surface area contributed by atoms with E-state index < -0.39 is 0 Å². The van der Waals surface area contributed by atoms with Crippen LogP contribution in [-0.4, -0.2) is 34.0 Å². The summed E-state index contributed by atoms with van der Waals surface area (Å²) in [5.41, 5.74) is 2.70. The summed E-state index contributed by atoms with van der Waals surface area (Å²) in [6.45, 7) is 2.29. The molecule has 1 aromatic heterocycles. The molecule has 0 saturated carbocycles. The summed E-state index contributed by atoms with van der Waals surface area (Å²) in [6, 6.07) is 17.6. The van der Waals surface area contributed by atoms with Crippen LogP contribution in [0.1, 0.15) is 18.4 Å². The van der Waals surface area contributed by atoms with E-state index in [0.29, 0.717) is 18.3 Å². The van der Waals surface area contributed by atoms with Crippen molar-refractivity contribution >= 4 is 45.1 Å². The lowest BCUT2D eigenvalue weighted by Gasteiger charge is -2.16. The second-order valence-electron chi connectivity index (χ2n) is 7.06. The van der Waals surface area contributed by atoms with Crippen LogP contribution in [0.15, 0.2) is 65.3 Å². The minimum Gasteiger partial charge on any atom is -0.365 e. The summed E-state index contributed by atoms with van der Waals surface area (Å²) >= 11 is 3.49. The van der Waals surface area contributed by atoms with E-state index in [1.165, 1.54) is 5.56 Å². The van der Waals surface area contributed by atoms with Gasteiger partial charge in [-0.15, -0.1) is 0 Å². The molecule has 4 rings (SSSR count). The Labute approximate surface area is 184 Å². The monoisotopic (exact) mass is 466 g/mol. The average Bonchev–Trinajstić information content (AvgIpc) is 3.30. The Kier molecular flexibility index (Phi) is 6.44. The van der Waals surface area contributed by atoms with Crippen molar-refractivity contribution in [2.24, 2.45) is 0 Å². The summed E-state index contributed by atoms with van der Waals surface area (Å²) in [7, 11) is 0. The Bertz CT molecular complexity index is 1010. The van der Waals surface area contributed by atoms with Gasteiger partial charge >= 0.3 is 6.03 Å². The number of carbonyl (C=O) groups excluding carboxylic acids is 1. The smallest absolute Gasteiger partial charge is 0.321 e. The molecule has 2 amide bonds. The standard InChI is InChI=1S/C22H23BrN6O/c23-19-15-25-21(28-20(19)24-14-16-7-2-1-3-8-16)26-17-9-6-10-18(13-17)27-22(30)29-11-4-5-12-29/h1-3,6-10,13,15H,4-5,11-12,14H2,(H,27,30)(H2,24,25,26,28). The maximum Gasteiger partial charge on any atom is 0.321 e. The fourth-order valence-corrected chi connectivity index (χ4v) is 3.59. The molecule has 0 aliphatic carbocycles. The van der Waals surface area contributed by atoms with Crippen LogP contribution in [0.4, 0.5) is 27.9 Å². The Morgan fingerprint density at radius 2 is 1.80 bits per heavy atom. The molecule has 0 atom stereocenters. The molecular formula is C22H23BrN6O. The number of carbonyl (C=O) groups is 1. The first-order valence-corrected chi connectivity index (χ1v) is 10.7. The van der Waals surface area contributed by atoms with E-state index in [9.17, 15) is 4.79 Å². The second kappa shape index (κ2) is 9.58. The van der Waals surface area contributed by atoms with Gasteiger partial charge in [0.1, 0.15) is 5.82 Å². The van der Waals surface area contributed by atoms with Crippen molar-refractivity contribution in [3.63, 3.8) is 0 Å². The summed E-state index contributed by atoms with van der Waals surface area (Å²) in [5.74, 6) is 1.17. The zero-order valence-corrected chi connectivity index (χ0v) is 18.0. The molecule has 8 heteroatoms. The number of nitrogens with one attached hydrogen (secondary N) is 3. The van der Waals surface area contributed by atoms with Gasteiger partial charge in [0.25, 0.3) is 0 Å². The molecule has 1 aliphatic heterocycles. The molecule has 2 heterocycles. The van der Waals surface area contributed by atoms with Crippen LogP contribution in [0.3, 0.4) is 0 Å². The molecule has 0 spiro atoms. The normalized spacial score (nSPS) is 13.2. The lowest BCUT2D eigenvalue weighted by Crippen LogP contribution is -2.32. The van der Waals surface area contributed by atoms with Gasteiger partial charge in [0.2, 0.25) is 5.95 Å². The van der Waals surface area contributed by atoms with E-state index >= 15 is 0 Å². The predicted molar refractivity (Wildman–Crippen MR) is 123 cm³/mol. The average molecular weight is 467 g/mol. The number of amides is 2. The van der Waals surface area contributed by atoms with Crippen LogP contribution in [0.2, 0.25) is 0 Å². The number of anilines is 4. The number of halogens is 1. The van der Waals surface area contributed by atoms with Crippen LogP contribution in [-0.2, 0) is 6.54 Å². The van der Waals surface area contributed by atoms with Crippen molar-refractivity contribution < 1.29 is 4.79 Å². The number of aromatic nitrogens is 2. The molecule has 1 fully saturated rings. The Morgan fingerprint density at radius 1 is 1.03 bits per heavy atom. The third-order valence-electron chi connectivity index (χ3n) is 4.81. The predicted octanol–water partition coefficient (Wildman–Crippen LogP) is 5.22. The molecule has 30 heavy (non-hydrogen) atoms. The number of hydrogen-bond acceptors (Lipinski definition) is 5. The van der Waals surface area contributed by atoms with Gasteiger partial charge in [-0.3, -0.25) is 0 Å². The van der Waals surface area contributed by atoms with E-state index in [1.54, 1.807) is 6.20 Å². The minimum atomic E-state index is -0.0584. The minimum absolute atomic E-state index is 0.0584. The van der Waals surface area contributed by atoms with Crippen LogP contribution >= 0.6 is 15.9 Å². The SMILES string of the molecule is O=C(Nc1cccc(Nc2ncc(Br)c(NCc3ccccc3)n2)c1)N1CCCC1. The van der Waals surface area contributed by atoms with Crippen molar-refractivity contribution in [1.82, 2.24) is 14.9 Å². The zero-order valence-electron chi connectivity index (χ0n) is 16.4. The quantitative estimate of drug-likeness (QED) is 0.463. The van der Waals surface area contributed by atoms with Gasteiger partial charge < -0.3 is 20.9 Å². The molecule has 0 bridgehead atoms. The Morgan fingerprint density at radius 3 is 2.60 bits per heavy atom. The number of likely N-dealkylation sites (tertiary alicyclic amines) is 1. The third-order valence-corrected chi connectivity index (χ3v) is 5.39. The van der Waals surface area contributed by atoms with Gasteiger partial charge in [-0.25, -0.2) is 9.78 Å². The molecule has 7 nitrogen and oxygen atoms in total. The number of rotatable bonds is 6. The van der Waals surface area contributed by atoms with Crippen LogP contribution in [0.5, 0.6) is 0 Å². The van der Waals surface area contributed by atoms with Crippen molar-refractivity contribution in [3.05, 3.63) is 70.8 Å². The number of urea groups is 1. The highest BCUT2D eigenvalue weighted by Gasteiger charge is 2.17. The zero-order chi connectivity index (χ0) is 20.8. The maximum absolute atomic E-state index is 12.3. The highest BCUT2D eigenvalue weighted by molar-refractivity contribution is 9.10. The lowest BCUT2D eigenvalue weighted by molar-refractivity contribution is 0.222. The van der Waals surface area contributed by atoms with Crippen molar-refractivity contribution in [2.75, 3.05) is 29.0 Å². The van der Waals surface area contributed by atoms with E-state index in [-0.39, 0.29) is 6.03 Å². The lowest BCUT2D eigenvalue weighted by atomic mass is 10.2. The first-order valence-electron chi connectivity index (χ1n) is 9.91. The van der Waals surface area contributed by atoms with Crippen LogP contribution in [0, 0.1) is 0 Å². The first-order chi connectivity index (χ1) is 14.7. The molecular weight excluding hydrogens is 444 g/mol. The highest BCUT2D eigenvalue weighted by Crippen LogP contribution is 2.24. The molecule has 2 aromatic carbocycles. The van der Waals surface area contributed by atoms with Gasteiger partial charge in [-0.1, -0.05) is 36.4 Å². The Hall–Kier alpha value is -3.13. The topological polar surface area (TPSA) is 82.2 Å². The second-order valence-corrected chi connectivity index (χ2v) is 7.91. The molecule has 3 N–H and O–H groups in total. The fourth-order valence-electron chi connectivity index (χ4n) is 3.26.